The normalized spacial score (nSPS) is 35.5. The van der Waals surface area contributed by atoms with Crippen LogP contribution in [0.1, 0.15) is 51.0 Å². The minimum atomic E-state index is -0.893. The number of aromatic amines is 1. The number of ether oxygens (including phenoxy) is 5. The number of H-pyrrole nitrogens is 1. The molecular formula is C32H45N3O10. The SMILES string of the molecule is CO[C@H]1CC(/C=C\[C@@H]2[C@@H]3CO[C@H]2[C@H](OC(=O)c2ccc[nH]2)[C@H](C)[C@H]3O)C/C(C)=C/[C@@H](C)[C@@H]([C@@H](C)OC(=O)NCC(N)=O)OC1=O. The molecule has 0 aromatic carbocycles. The number of esters is 2. The fourth-order valence-corrected chi connectivity index (χ4v) is 6.66. The maximum atomic E-state index is 13.3. The second-order valence-corrected chi connectivity index (χ2v) is 12.4. The summed E-state index contributed by atoms with van der Waals surface area (Å²) in [6, 6.07) is 3.35. The first-order chi connectivity index (χ1) is 21.4. The summed E-state index contributed by atoms with van der Waals surface area (Å²) >= 11 is 0. The van der Waals surface area contributed by atoms with Gasteiger partial charge in [-0.3, -0.25) is 4.79 Å². The predicted octanol–water partition coefficient (Wildman–Crippen LogP) is 2.26. The number of carbonyl (C=O) groups is 4. The zero-order valence-corrected chi connectivity index (χ0v) is 26.3. The van der Waals surface area contributed by atoms with Crippen LogP contribution in [0.25, 0.3) is 0 Å². The lowest BCUT2D eigenvalue weighted by Crippen LogP contribution is -2.51. The van der Waals surface area contributed by atoms with Gasteiger partial charge in [0.2, 0.25) is 5.91 Å². The number of aliphatic hydroxyl groups is 1. The first-order valence-corrected chi connectivity index (χ1v) is 15.3. The Kier molecular flexibility index (Phi) is 11.5. The third-order valence-corrected chi connectivity index (χ3v) is 8.97. The second kappa shape index (κ2) is 15.1. The van der Waals surface area contributed by atoms with Crippen molar-refractivity contribution < 1.29 is 48.0 Å². The number of hydrogen-bond donors (Lipinski definition) is 4. The lowest BCUT2D eigenvalue weighted by molar-refractivity contribution is -0.169. The molecule has 1 saturated carbocycles. The van der Waals surface area contributed by atoms with Gasteiger partial charge >= 0.3 is 18.0 Å². The summed E-state index contributed by atoms with van der Waals surface area (Å²) in [5, 5.41) is 13.4. The lowest BCUT2D eigenvalue weighted by atomic mass is 9.71. The van der Waals surface area contributed by atoms with Gasteiger partial charge in [-0.05, 0) is 44.7 Å². The van der Waals surface area contributed by atoms with E-state index in [4.69, 9.17) is 29.4 Å². The molecule has 3 aliphatic rings. The molecule has 2 bridgehead atoms. The van der Waals surface area contributed by atoms with Crippen molar-refractivity contribution >= 4 is 23.9 Å². The van der Waals surface area contributed by atoms with Crippen molar-refractivity contribution in [1.29, 1.82) is 0 Å². The number of primary amides is 1. The molecule has 13 nitrogen and oxygen atoms in total. The molecule has 1 aromatic heterocycles. The summed E-state index contributed by atoms with van der Waals surface area (Å²) in [6.45, 7) is 7.29. The molecule has 11 atom stereocenters. The van der Waals surface area contributed by atoms with E-state index in [1.165, 1.54) is 7.11 Å². The van der Waals surface area contributed by atoms with Crippen molar-refractivity contribution in [2.75, 3.05) is 20.3 Å². The highest BCUT2D eigenvalue weighted by atomic mass is 16.6. The van der Waals surface area contributed by atoms with Gasteiger partial charge in [-0.15, -0.1) is 0 Å². The summed E-state index contributed by atoms with van der Waals surface area (Å²) in [7, 11) is 1.44. The van der Waals surface area contributed by atoms with E-state index in [9.17, 15) is 24.3 Å². The van der Waals surface area contributed by atoms with Gasteiger partial charge in [0, 0.05) is 37.0 Å². The summed E-state index contributed by atoms with van der Waals surface area (Å²) < 4.78 is 28.7. The molecule has 1 unspecified atom stereocenters. The molecule has 45 heavy (non-hydrogen) atoms. The predicted molar refractivity (Wildman–Crippen MR) is 160 cm³/mol. The van der Waals surface area contributed by atoms with E-state index >= 15 is 0 Å². The number of methoxy groups -OCH3 is 1. The maximum Gasteiger partial charge on any atom is 0.407 e. The van der Waals surface area contributed by atoms with Crippen molar-refractivity contribution in [2.24, 2.45) is 35.3 Å². The Morgan fingerprint density at radius 3 is 2.69 bits per heavy atom. The number of allylic oxidation sites excluding steroid dienone is 2. The Hall–Kier alpha value is -3.68. The van der Waals surface area contributed by atoms with Gasteiger partial charge in [-0.25, -0.2) is 14.4 Å². The molecular weight excluding hydrogens is 586 g/mol. The standard InChI is InChI=1S/C32H45N3O10/c1-16-11-17(2)27(19(4)43-32(40)35-14-25(33)36)44-31(39)24(41-5)13-20(12-16)8-9-21-22-15-42-29(21)28(18(3)26(22)37)45-30(38)23-7-6-10-34-23/h6-11,17-22,24,26-29,34,37H,12-15H2,1-5H3,(H2,33,36)(H,35,40)/b9-8-,16-11+/t17-,18-,19-,20?,21-,22+,24+,26-,27+,28-,29-/m1/s1. The van der Waals surface area contributed by atoms with E-state index < -0.39 is 60.6 Å². The summed E-state index contributed by atoms with van der Waals surface area (Å²) in [6.07, 6.45) is 3.43. The van der Waals surface area contributed by atoms with Crippen LogP contribution >= 0.6 is 0 Å². The van der Waals surface area contributed by atoms with Crippen LogP contribution in [0.4, 0.5) is 4.79 Å². The van der Waals surface area contributed by atoms with Gasteiger partial charge in [-0.1, -0.05) is 37.6 Å². The number of amides is 2. The zero-order chi connectivity index (χ0) is 32.8. The van der Waals surface area contributed by atoms with Crippen molar-refractivity contribution in [1.82, 2.24) is 10.3 Å². The Morgan fingerprint density at radius 2 is 2.02 bits per heavy atom. The van der Waals surface area contributed by atoms with Crippen LogP contribution < -0.4 is 11.1 Å². The molecule has 1 aliphatic carbocycles. The van der Waals surface area contributed by atoms with Crippen LogP contribution in [0, 0.1) is 29.6 Å². The quantitative estimate of drug-likeness (QED) is 0.179. The van der Waals surface area contributed by atoms with E-state index in [1.807, 2.05) is 39.0 Å². The molecule has 248 valence electrons. The van der Waals surface area contributed by atoms with Gasteiger partial charge in [0.05, 0.1) is 19.3 Å². The minimum absolute atomic E-state index is 0.119. The van der Waals surface area contributed by atoms with Crippen LogP contribution in [0.3, 0.4) is 0 Å². The fraction of sp³-hybridized carbons (Fsp3) is 0.625. The number of alkyl carbamates (subject to hydrolysis) is 1. The first-order valence-electron chi connectivity index (χ1n) is 15.3. The fourth-order valence-electron chi connectivity index (χ4n) is 6.66. The molecule has 1 saturated heterocycles. The molecule has 2 fully saturated rings. The molecule has 1 aromatic rings. The number of nitrogens with two attached hydrogens (primary N) is 1. The molecule has 0 spiro atoms. The average molecular weight is 632 g/mol. The van der Waals surface area contributed by atoms with Crippen molar-refractivity contribution in [3.63, 3.8) is 0 Å². The molecule has 3 heterocycles. The topological polar surface area (TPSA) is 188 Å². The van der Waals surface area contributed by atoms with E-state index in [0.29, 0.717) is 25.1 Å². The Balaban J connectivity index is 1.50. The van der Waals surface area contributed by atoms with Crippen LogP contribution in [-0.2, 0) is 33.3 Å². The van der Waals surface area contributed by atoms with E-state index in [-0.39, 0.29) is 36.1 Å². The molecule has 13 heteroatoms. The molecule has 4 rings (SSSR count). The highest BCUT2D eigenvalue weighted by Crippen LogP contribution is 2.44. The van der Waals surface area contributed by atoms with E-state index in [1.54, 1.807) is 25.3 Å². The average Bonchev–Trinajstić information content (AvgIpc) is 3.66. The monoisotopic (exact) mass is 631 g/mol. The summed E-state index contributed by atoms with van der Waals surface area (Å²) in [4.78, 5) is 52.0. The number of fused-ring (bicyclic) bond motifs is 2. The number of nitrogens with one attached hydrogen (secondary N) is 2. The lowest BCUT2D eigenvalue weighted by Gasteiger charge is -2.40. The molecule has 2 amide bonds. The largest absolute Gasteiger partial charge is 0.456 e. The maximum absolute atomic E-state index is 13.3. The first kappa shape index (κ1) is 34.2. The number of aliphatic hydroxyl groups excluding tert-OH is 1. The number of aromatic nitrogens is 1. The van der Waals surface area contributed by atoms with Crippen molar-refractivity contribution in [3.8, 4) is 0 Å². The highest BCUT2D eigenvalue weighted by molar-refractivity contribution is 5.87. The second-order valence-electron chi connectivity index (χ2n) is 12.4. The minimum Gasteiger partial charge on any atom is -0.456 e. The van der Waals surface area contributed by atoms with Gasteiger partial charge in [-0.2, -0.15) is 0 Å². The van der Waals surface area contributed by atoms with E-state index in [0.717, 1.165) is 5.57 Å². The molecule has 2 aliphatic heterocycles. The number of rotatable bonds is 9. The Labute approximate surface area is 262 Å². The van der Waals surface area contributed by atoms with Gasteiger partial charge in [0.15, 0.2) is 6.10 Å². The highest BCUT2D eigenvalue weighted by Gasteiger charge is 2.54. The number of cyclic esters (lactones) is 1. The Morgan fingerprint density at radius 1 is 1.27 bits per heavy atom. The summed E-state index contributed by atoms with van der Waals surface area (Å²) in [5.41, 5.74) is 6.44. The summed E-state index contributed by atoms with van der Waals surface area (Å²) in [5.74, 6) is -2.92. The van der Waals surface area contributed by atoms with E-state index in [2.05, 4.69) is 10.3 Å². The van der Waals surface area contributed by atoms with Gasteiger partial charge in [0.25, 0.3) is 0 Å². The zero-order valence-electron chi connectivity index (χ0n) is 26.3. The van der Waals surface area contributed by atoms with Crippen molar-refractivity contribution in [2.45, 2.75) is 77.2 Å². The number of carbonyl (C=O) groups excluding carboxylic acids is 4. The van der Waals surface area contributed by atoms with Crippen molar-refractivity contribution in [3.05, 3.63) is 47.8 Å². The van der Waals surface area contributed by atoms with Crippen LogP contribution in [0.2, 0.25) is 0 Å². The Bertz CT molecular complexity index is 1260. The molecule has 0 radical (unpaired) electrons. The molecule has 5 N–H and O–H groups in total. The van der Waals surface area contributed by atoms with Crippen LogP contribution in [0.5, 0.6) is 0 Å². The van der Waals surface area contributed by atoms with Crippen LogP contribution in [-0.4, -0.2) is 90.9 Å². The van der Waals surface area contributed by atoms with Gasteiger partial charge < -0.3 is 44.8 Å². The van der Waals surface area contributed by atoms with Crippen LogP contribution in [0.15, 0.2) is 42.1 Å². The smallest absolute Gasteiger partial charge is 0.407 e. The number of hydrogen-bond acceptors (Lipinski definition) is 10. The third-order valence-electron chi connectivity index (χ3n) is 8.97. The third kappa shape index (κ3) is 8.33. The van der Waals surface area contributed by atoms with Gasteiger partial charge in [0.1, 0.15) is 30.1 Å².